The van der Waals surface area contributed by atoms with Gasteiger partial charge in [-0.1, -0.05) is 30.4 Å². The summed E-state index contributed by atoms with van der Waals surface area (Å²) in [7, 11) is 0. The average Bonchev–Trinajstić information content (AvgIpc) is 2.37. The number of rotatable bonds is 2. The van der Waals surface area contributed by atoms with E-state index in [9.17, 15) is 4.79 Å². The molecular weight excluding hydrogens is 234 g/mol. The van der Waals surface area contributed by atoms with Crippen LogP contribution in [0.5, 0.6) is 0 Å². The predicted molar refractivity (Wildman–Crippen MR) is 72.3 cm³/mol. The minimum atomic E-state index is -0.288. The third-order valence-electron chi connectivity index (χ3n) is 2.60. The molecule has 0 aromatic heterocycles. The molecule has 0 spiro atoms. The van der Waals surface area contributed by atoms with E-state index in [0.717, 1.165) is 11.3 Å². The zero-order valence-corrected chi connectivity index (χ0v) is 10.7. The molecule has 0 fully saturated rings. The van der Waals surface area contributed by atoms with Gasteiger partial charge in [0.2, 0.25) is 0 Å². The summed E-state index contributed by atoms with van der Waals surface area (Å²) in [5, 5.41) is 0.00366. The maximum atomic E-state index is 12.0. The van der Waals surface area contributed by atoms with Crippen LogP contribution in [0.4, 0.5) is 10.5 Å². The molecule has 0 radical (unpaired) electrons. The highest BCUT2D eigenvalue weighted by Gasteiger charge is 2.28. The van der Waals surface area contributed by atoms with Crippen molar-refractivity contribution in [1.82, 2.24) is 0 Å². The number of benzene rings is 1. The van der Waals surface area contributed by atoms with E-state index in [1.807, 2.05) is 49.6 Å². The Kier molecular flexibility index (Phi) is 3.74. The first-order chi connectivity index (χ1) is 8.27. The molecule has 1 heterocycles. The van der Waals surface area contributed by atoms with Crippen LogP contribution in [-0.2, 0) is 4.74 Å². The van der Waals surface area contributed by atoms with Crippen LogP contribution >= 0.6 is 11.8 Å². The van der Waals surface area contributed by atoms with Crippen LogP contribution in [0.2, 0.25) is 0 Å². The lowest BCUT2D eigenvalue weighted by atomic mass is 10.1. The Hall–Kier alpha value is -1.42. The molecule has 1 aliphatic rings. The molecule has 0 aliphatic carbocycles. The Labute approximate surface area is 105 Å². The molecule has 1 aromatic rings. The Bertz CT molecular complexity index is 445. The van der Waals surface area contributed by atoms with Crippen LogP contribution in [0.25, 0.3) is 6.08 Å². The summed E-state index contributed by atoms with van der Waals surface area (Å²) in [6.45, 7) is 2.21. The second kappa shape index (κ2) is 5.27. The van der Waals surface area contributed by atoms with Crippen LogP contribution in [0, 0.1) is 0 Å². The lowest BCUT2D eigenvalue weighted by molar-refractivity contribution is 0.160. The summed E-state index contributed by atoms with van der Waals surface area (Å²) < 4.78 is 5.11. The monoisotopic (exact) mass is 249 g/mol. The molecule has 0 saturated heterocycles. The van der Waals surface area contributed by atoms with Crippen molar-refractivity contribution in [2.75, 3.05) is 17.8 Å². The van der Waals surface area contributed by atoms with E-state index in [4.69, 9.17) is 4.74 Å². The normalized spacial score (nSPS) is 17.8. The number of fused-ring (bicyclic) bond motifs is 1. The SMILES string of the molecule is CCOC(=O)N1c2ccccc2C=C[C@@H]1SC. The molecule has 1 atom stereocenters. The van der Waals surface area contributed by atoms with E-state index in [1.165, 1.54) is 0 Å². The van der Waals surface area contributed by atoms with Crippen LogP contribution in [-0.4, -0.2) is 24.3 Å². The number of carbonyl (C=O) groups excluding carboxylic acids is 1. The van der Waals surface area contributed by atoms with Crippen molar-refractivity contribution in [3.63, 3.8) is 0 Å². The van der Waals surface area contributed by atoms with Gasteiger partial charge in [-0.05, 0) is 24.8 Å². The number of nitrogens with zero attached hydrogens (tertiary/aromatic N) is 1. The fourth-order valence-electron chi connectivity index (χ4n) is 1.84. The maximum Gasteiger partial charge on any atom is 0.415 e. The Morgan fingerprint density at radius 1 is 1.47 bits per heavy atom. The molecule has 0 N–H and O–H groups in total. The van der Waals surface area contributed by atoms with Gasteiger partial charge in [0, 0.05) is 0 Å². The second-order valence-corrected chi connectivity index (χ2v) is 4.57. The number of carbonyl (C=O) groups is 1. The number of hydrogen-bond donors (Lipinski definition) is 0. The lowest BCUT2D eigenvalue weighted by Crippen LogP contribution is -2.39. The molecule has 1 aliphatic heterocycles. The number of ether oxygens (including phenoxy) is 1. The summed E-state index contributed by atoms with van der Waals surface area (Å²) in [5.41, 5.74) is 1.96. The third kappa shape index (κ3) is 2.31. The smallest absolute Gasteiger partial charge is 0.415 e. The molecule has 3 nitrogen and oxygen atoms in total. The van der Waals surface area contributed by atoms with Gasteiger partial charge in [0.25, 0.3) is 0 Å². The first-order valence-electron chi connectivity index (χ1n) is 5.54. The molecule has 0 bridgehead atoms. The summed E-state index contributed by atoms with van der Waals surface area (Å²) in [5.74, 6) is 0. The van der Waals surface area contributed by atoms with E-state index in [-0.39, 0.29) is 11.5 Å². The van der Waals surface area contributed by atoms with Crippen molar-refractivity contribution < 1.29 is 9.53 Å². The van der Waals surface area contributed by atoms with Gasteiger partial charge in [-0.15, -0.1) is 11.8 Å². The summed E-state index contributed by atoms with van der Waals surface area (Å²) in [6.07, 6.45) is 5.76. The second-order valence-electron chi connectivity index (χ2n) is 3.61. The summed E-state index contributed by atoms with van der Waals surface area (Å²) in [6, 6.07) is 7.83. The Balaban J connectivity index is 2.38. The highest BCUT2D eigenvalue weighted by molar-refractivity contribution is 7.99. The number of amides is 1. The van der Waals surface area contributed by atoms with Gasteiger partial charge in [0.05, 0.1) is 12.3 Å². The highest BCUT2D eigenvalue weighted by atomic mass is 32.2. The van der Waals surface area contributed by atoms with Crippen LogP contribution in [0.15, 0.2) is 30.3 Å². The van der Waals surface area contributed by atoms with Gasteiger partial charge < -0.3 is 4.74 Å². The summed E-state index contributed by atoms with van der Waals surface area (Å²) >= 11 is 1.61. The molecular formula is C13H15NO2S. The lowest BCUT2D eigenvalue weighted by Gasteiger charge is -2.31. The number of thioether (sulfide) groups is 1. The van der Waals surface area contributed by atoms with Crippen LogP contribution in [0.3, 0.4) is 0 Å². The zero-order chi connectivity index (χ0) is 12.3. The van der Waals surface area contributed by atoms with Gasteiger partial charge >= 0.3 is 6.09 Å². The molecule has 0 unspecified atom stereocenters. The fraction of sp³-hybridized carbons (Fsp3) is 0.308. The predicted octanol–water partition coefficient (Wildman–Crippen LogP) is 3.37. The van der Waals surface area contributed by atoms with Crippen molar-refractivity contribution >= 4 is 29.6 Å². The van der Waals surface area contributed by atoms with E-state index in [2.05, 4.69) is 0 Å². The molecule has 4 heteroatoms. The maximum absolute atomic E-state index is 12.0. The quantitative estimate of drug-likeness (QED) is 0.805. The summed E-state index contributed by atoms with van der Waals surface area (Å²) in [4.78, 5) is 13.7. The zero-order valence-electron chi connectivity index (χ0n) is 9.92. The van der Waals surface area contributed by atoms with Crippen molar-refractivity contribution in [2.24, 2.45) is 0 Å². The van der Waals surface area contributed by atoms with Crippen molar-refractivity contribution in [2.45, 2.75) is 12.3 Å². The van der Waals surface area contributed by atoms with E-state index >= 15 is 0 Å². The molecule has 2 rings (SSSR count). The number of para-hydroxylation sites is 1. The highest BCUT2D eigenvalue weighted by Crippen LogP contribution is 2.32. The van der Waals surface area contributed by atoms with Crippen molar-refractivity contribution in [1.29, 1.82) is 0 Å². The standard InChI is InChI=1S/C13H15NO2S/c1-3-16-13(15)14-11-7-5-4-6-10(11)8-9-12(14)17-2/h4-9,12H,3H2,1-2H3/t12-/m0/s1. The van der Waals surface area contributed by atoms with Gasteiger partial charge in [-0.2, -0.15) is 0 Å². The van der Waals surface area contributed by atoms with E-state index in [1.54, 1.807) is 16.7 Å². The first kappa shape index (κ1) is 12.0. The van der Waals surface area contributed by atoms with Crippen molar-refractivity contribution in [3.8, 4) is 0 Å². The van der Waals surface area contributed by atoms with Gasteiger partial charge in [-0.3, -0.25) is 4.90 Å². The fourth-order valence-corrected chi connectivity index (χ4v) is 2.48. The molecule has 1 amide bonds. The third-order valence-corrected chi connectivity index (χ3v) is 3.45. The van der Waals surface area contributed by atoms with Gasteiger partial charge in [0.1, 0.15) is 5.37 Å². The molecule has 0 saturated carbocycles. The van der Waals surface area contributed by atoms with E-state index in [0.29, 0.717) is 6.61 Å². The molecule has 90 valence electrons. The first-order valence-corrected chi connectivity index (χ1v) is 6.82. The van der Waals surface area contributed by atoms with Gasteiger partial charge in [0.15, 0.2) is 0 Å². The number of hydrogen-bond acceptors (Lipinski definition) is 3. The number of anilines is 1. The van der Waals surface area contributed by atoms with Gasteiger partial charge in [-0.25, -0.2) is 4.79 Å². The topological polar surface area (TPSA) is 29.5 Å². The van der Waals surface area contributed by atoms with Crippen LogP contribution < -0.4 is 4.90 Å². The van der Waals surface area contributed by atoms with Crippen LogP contribution in [0.1, 0.15) is 12.5 Å². The minimum Gasteiger partial charge on any atom is -0.449 e. The largest absolute Gasteiger partial charge is 0.449 e. The molecule has 17 heavy (non-hydrogen) atoms. The molecule has 1 aromatic carbocycles. The minimum absolute atomic E-state index is 0.00366. The van der Waals surface area contributed by atoms with Crippen molar-refractivity contribution in [3.05, 3.63) is 35.9 Å². The Morgan fingerprint density at radius 2 is 2.24 bits per heavy atom. The Morgan fingerprint density at radius 3 is 2.94 bits per heavy atom. The average molecular weight is 249 g/mol. The van der Waals surface area contributed by atoms with E-state index < -0.39 is 0 Å².